The fourth-order valence-corrected chi connectivity index (χ4v) is 4.61. The summed E-state index contributed by atoms with van der Waals surface area (Å²) >= 11 is 0. The van der Waals surface area contributed by atoms with E-state index in [0.29, 0.717) is 31.7 Å². The molecule has 2 aliphatic rings. The topological polar surface area (TPSA) is 93.4 Å². The number of aliphatic hydroxyl groups excluding tert-OH is 1. The minimum absolute atomic E-state index is 0.0217. The number of anilines is 1. The monoisotopic (exact) mass is 431 g/mol. The van der Waals surface area contributed by atoms with Gasteiger partial charge in [-0.05, 0) is 30.5 Å². The van der Waals surface area contributed by atoms with Gasteiger partial charge in [-0.1, -0.05) is 0 Å². The van der Waals surface area contributed by atoms with Crippen molar-refractivity contribution in [3.05, 3.63) is 53.6 Å². The number of amides is 1. The van der Waals surface area contributed by atoms with E-state index < -0.39 is 22.7 Å². The first-order valence-corrected chi connectivity index (χ1v) is 9.80. The van der Waals surface area contributed by atoms with Gasteiger partial charge in [0.15, 0.2) is 0 Å². The zero-order valence-corrected chi connectivity index (χ0v) is 16.5. The highest BCUT2D eigenvalue weighted by molar-refractivity contribution is 5.92. The number of rotatable bonds is 3. The van der Waals surface area contributed by atoms with Gasteiger partial charge in [0, 0.05) is 49.7 Å². The van der Waals surface area contributed by atoms with E-state index in [-0.39, 0.29) is 30.7 Å². The van der Waals surface area contributed by atoms with Crippen molar-refractivity contribution in [1.29, 1.82) is 5.26 Å². The van der Waals surface area contributed by atoms with Gasteiger partial charge < -0.3 is 14.9 Å². The predicted octanol–water partition coefficient (Wildman–Crippen LogP) is 2.33. The number of halogens is 3. The van der Waals surface area contributed by atoms with Crippen LogP contribution in [0.25, 0.3) is 0 Å². The molecule has 0 radical (unpaired) electrons. The highest BCUT2D eigenvalue weighted by Crippen LogP contribution is 2.44. The van der Waals surface area contributed by atoms with Gasteiger partial charge in [-0.3, -0.25) is 9.78 Å². The number of carbonyl (C=O) groups excluding carboxylic acids is 1. The molecule has 1 amide bonds. The van der Waals surface area contributed by atoms with Crippen LogP contribution < -0.4 is 4.90 Å². The van der Waals surface area contributed by atoms with Crippen molar-refractivity contribution in [3.8, 4) is 6.07 Å². The first kappa shape index (κ1) is 21.1. The highest BCUT2D eigenvalue weighted by atomic mass is 19.4. The van der Waals surface area contributed by atoms with Crippen molar-refractivity contribution in [3.63, 3.8) is 0 Å². The van der Waals surface area contributed by atoms with Gasteiger partial charge >= 0.3 is 6.18 Å². The molecule has 1 aromatic heterocycles. The average molecular weight is 431 g/mol. The molecule has 2 saturated heterocycles. The largest absolute Gasteiger partial charge is 0.417 e. The van der Waals surface area contributed by atoms with Crippen molar-refractivity contribution in [2.45, 2.75) is 12.6 Å². The lowest BCUT2D eigenvalue weighted by Gasteiger charge is -2.42. The van der Waals surface area contributed by atoms with Crippen LogP contribution in [0.2, 0.25) is 0 Å². The van der Waals surface area contributed by atoms with E-state index in [2.05, 4.69) is 9.97 Å². The minimum Gasteiger partial charge on any atom is -0.396 e. The number of hydrogen-bond acceptors (Lipinski definition) is 6. The number of nitriles is 1. The fourth-order valence-electron chi connectivity index (χ4n) is 4.61. The van der Waals surface area contributed by atoms with Crippen LogP contribution in [-0.4, -0.2) is 58.7 Å². The lowest BCUT2D eigenvalue weighted by atomic mass is 9.74. The summed E-state index contributed by atoms with van der Waals surface area (Å²) in [5.41, 5.74) is -1.49. The molecule has 2 aromatic rings. The van der Waals surface area contributed by atoms with E-state index in [1.54, 1.807) is 15.9 Å². The maximum absolute atomic E-state index is 13.4. The molecule has 2 aliphatic heterocycles. The molecular formula is C21H20F3N5O2. The van der Waals surface area contributed by atoms with Crippen LogP contribution in [0.4, 0.5) is 18.9 Å². The second-order valence-electron chi connectivity index (χ2n) is 8.04. The Morgan fingerprint density at radius 1 is 1.32 bits per heavy atom. The van der Waals surface area contributed by atoms with Crippen LogP contribution in [0, 0.1) is 22.7 Å². The van der Waals surface area contributed by atoms with Crippen molar-refractivity contribution >= 4 is 11.6 Å². The third-order valence-electron chi connectivity index (χ3n) is 6.24. The summed E-state index contributed by atoms with van der Waals surface area (Å²) in [4.78, 5) is 24.2. The quantitative estimate of drug-likeness (QED) is 0.802. The molecule has 0 unspecified atom stereocenters. The number of aromatic nitrogens is 2. The van der Waals surface area contributed by atoms with E-state index in [4.69, 9.17) is 5.26 Å². The Hall–Kier alpha value is -3.19. The third kappa shape index (κ3) is 3.81. The van der Waals surface area contributed by atoms with Crippen molar-refractivity contribution in [2.24, 2.45) is 11.3 Å². The van der Waals surface area contributed by atoms with Crippen molar-refractivity contribution < 1.29 is 23.1 Å². The van der Waals surface area contributed by atoms with Gasteiger partial charge in [0.1, 0.15) is 5.69 Å². The molecule has 2 fully saturated rings. The summed E-state index contributed by atoms with van der Waals surface area (Å²) in [6, 6.07) is 5.25. The molecule has 1 N–H and O–H groups in total. The third-order valence-corrected chi connectivity index (χ3v) is 6.24. The first-order chi connectivity index (χ1) is 14.8. The van der Waals surface area contributed by atoms with Crippen LogP contribution in [0.5, 0.6) is 0 Å². The van der Waals surface area contributed by atoms with Crippen molar-refractivity contribution in [1.82, 2.24) is 14.9 Å². The second kappa shape index (κ2) is 7.81. The summed E-state index contributed by atoms with van der Waals surface area (Å²) in [5, 5.41) is 19.3. The van der Waals surface area contributed by atoms with Gasteiger partial charge in [0.05, 0.1) is 30.0 Å². The second-order valence-corrected chi connectivity index (χ2v) is 8.04. The zero-order valence-electron chi connectivity index (χ0n) is 16.5. The Balaban J connectivity index is 1.59. The van der Waals surface area contributed by atoms with E-state index >= 15 is 0 Å². The number of fused-ring (bicyclic) bond motifs is 1. The number of carbonyl (C=O) groups is 1. The number of nitrogens with zero attached hydrogens (tertiary/aromatic N) is 5. The van der Waals surface area contributed by atoms with E-state index in [0.717, 1.165) is 6.07 Å². The highest BCUT2D eigenvalue weighted by Gasteiger charge is 2.50. The molecule has 162 valence electrons. The number of piperidine rings is 1. The zero-order chi connectivity index (χ0) is 22.2. The minimum atomic E-state index is -4.64. The summed E-state index contributed by atoms with van der Waals surface area (Å²) in [7, 11) is 0. The van der Waals surface area contributed by atoms with Gasteiger partial charge in [-0.2, -0.15) is 18.4 Å². The molecule has 0 spiro atoms. The molecule has 31 heavy (non-hydrogen) atoms. The lowest BCUT2D eigenvalue weighted by Crippen LogP contribution is -2.52. The summed E-state index contributed by atoms with van der Waals surface area (Å²) < 4.78 is 40.1. The molecule has 0 saturated carbocycles. The molecule has 10 heteroatoms. The summed E-state index contributed by atoms with van der Waals surface area (Å²) in [6.07, 6.45) is 0.270. The number of alkyl halides is 3. The van der Waals surface area contributed by atoms with Crippen LogP contribution in [0.1, 0.15) is 28.0 Å². The normalized spacial score (nSPS) is 23.4. The standard InChI is InChI=1S/C21H20F3N5O2/c22-21(23,24)17-7-16(2-1-14(17)8-25)29-10-15-3-6-28(11-20(15,12-29)13-30)19(31)18-9-26-4-5-27-18/h1-2,4-5,7,9,15,30H,3,6,10-13H2/t15-,20+/m0/s1. The maximum Gasteiger partial charge on any atom is 0.417 e. The number of hydrogen-bond donors (Lipinski definition) is 1. The SMILES string of the molecule is N#Cc1ccc(N2C[C@@H]3CCN(C(=O)c4cnccn4)C[C@]3(CO)C2)cc1C(F)(F)F. The first-order valence-electron chi connectivity index (χ1n) is 9.80. The summed E-state index contributed by atoms with van der Waals surface area (Å²) in [6.45, 7) is 1.33. The molecule has 0 aliphatic carbocycles. The Kier molecular flexibility index (Phi) is 5.31. The van der Waals surface area contributed by atoms with Gasteiger partial charge in [-0.15, -0.1) is 0 Å². The van der Waals surface area contributed by atoms with E-state index in [9.17, 15) is 23.1 Å². The molecule has 7 nitrogen and oxygen atoms in total. The molecule has 2 atom stereocenters. The molecule has 4 rings (SSSR count). The Labute approximate surface area is 176 Å². The van der Waals surface area contributed by atoms with Gasteiger partial charge in [-0.25, -0.2) is 4.98 Å². The maximum atomic E-state index is 13.4. The van der Waals surface area contributed by atoms with Gasteiger partial charge in [0.25, 0.3) is 5.91 Å². The summed E-state index contributed by atoms with van der Waals surface area (Å²) in [5.74, 6) is -0.260. The Bertz CT molecular complexity index is 1020. The van der Waals surface area contributed by atoms with Crippen LogP contribution in [-0.2, 0) is 6.18 Å². The predicted molar refractivity (Wildman–Crippen MR) is 104 cm³/mol. The van der Waals surface area contributed by atoms with E-state index in [1.807, 2.05) is 0 Å². The smallest absolute Gasteiger partial charge is 0.396 e. The van der Waals surface area contributed by atoms with Crippen molar-refractivity contribution in [2.75, 3.05) is 37.7 Å². The fraction of sp³-hybridized carbons (Fsp3) is 0.429. The van der Waals surface area contributed by atoms with E-state index in [1.165, 1.54) is 30.7 Å². The lowest BCUT2D eigenvalue weighted by molar-refractivity contribution is -0.137. The number of aliphatic hydroxyl groups is 1. The number of benzene rings is 1. The molecule has 1 aromatic carbocycles. The van der Waals surface area contributed by atoms with Crippen LogP contribution >= 0.6 is 0 Å². The van der Waals surface area contributed by atoms with Gasteiger partial charge in [0.2, 0.25) is 0 Å². The number of likely N-dealkylation sites (tertiary alicyclic amines) is 1. The Morgan fingerprint density at radius 2 is 2.13 bits per heavy atom. The molecule has 0 bridgehead atoms. The van der Waals surface area contributed by atoms with Crippen LogP contribution in [0.15, 0.2) is 36.8 Å². The average Bonchev–Trinajstić information content (AvgIpc) is 3.17. The Morgan fingerprint density at radius 3 is 2.77 bits per heavy atom. The van der Waals surface area contributed by atoms with Crippen LogP contribution in [0.3, 0.4) is 0 Å². The molecule has 3 heterocycles. The molecular weight excluding hydrogens is 411 g/mol.